The van der Waals surface area contributed by atoms with Crippen LogP contribution in [0.15, 0.2) is 41.6 Å². The number of hydrogen-bond acceptors (Lipinski definition) is 6. The average Bonchev–Trinajstić information content (AvgIpc) is 3.27. The molecule has 2 N–H and O–H groups in total. The van der Waals surface area contributed by atoms with E-state index >= 15 is 0 Å². The van der Waals surface area contributed by atoms with E-state index in [9.17, 15) is 14.4 Å². The second kappa shape index (κ2) is 9.80. The van der Waals surface area contributed by atoms with Gasteiger partial charge in [0.15, 0.2) is 5.78 Å². The maximum Gasteiger partial charge on any atom is 0.272 e. The highest BCUT2D eigenvalue weighted by atomic mass is 32.1. The lowest BCUT2D eigenvalue weighted by atomic mass is 9.86. The molecule has 1 aliphatic carbocycles. The van der Waals surface area contributed by atoms with E-state index in [1.807, 2.05) is 11.4 Å². The summed E-state index contributed by atoms with van der Waals surface area (Å²) in [7, 11) is 0. The van der Waals surface area contributed by atoms with Crippen LogP contribution in [0.2, 0.25) is 0 Å². The molecule has 1 aliphatic heterocycles. The van der Waals surface area contributed by atoms with Crippen molar-refractivity contribution in [1.29, 1.82) is 0 Å². The average molecular weight is 402 g/mol. The molecule has 3 rings (SSSR count). The van der Waals surface area contributed by atoms with E-state index in [1.165, 1.54) is 30.6 Å². The number of carbonyl (C=O) groups excluding carboxylic acids is 3. The molecular formula is C21H27N3O3S. The van der Waals surface area contributed by atoms with Crippen molar-refractivity contribution in [2.24, 2.45) is 11.8 Å². The summed E-state index contributed by atoms with van der Waals surface area (Å²) in [6, 6.07) is 3.61. The Morgan fingerprint density at radius 3 is 2.71 bits per heavy atom. The van der Waals surface area contributed by atoms with Crippen molar-refractivity contribution < 1.29 is 14.4 Å². The monoisotopic (exact) mass is 401 g/mol. The van der Waals surface area contributed by atoms with E-state index in [-0.39, 0.29) is 18.2 Å². The highest BCUT2D eigenvalue weighted by Crippen LogP contribution is 2.27. The Labute approximate surface area is 169 Å². The van der Waals surface area contributed by atoms with E-state index in [1.54, 1.807) is 29.4 Å². The van der Waals surface area contributed by atoms with Gasteiger partial charge in [-0.15, -0.1) is 11.3 Å². The number of Topliss-reactive ketones (excluding diaryl/α,β-unsaturated/α-hetero) is 1. The van der Waals surface area contributed by atoms with E-state index in [4.69, 9.17) is 5.84 Å². The van der Waals surface area contributed by atoms with Gasteiger partial charge in [-0.2, -0.15) is 0 Å². The molecule has 2 amide bonds. The Balaban J connectivity index is 1.53. The van der Waals surface area contributed by atoms with Crippen LogP contribution in [0.25, 0.3) is 0 Å². The fourth-order valence-electron chi connectivity index (χ4n) is 3.72. The van der Waals surface area contributed by atoms with E-state index in [2.05, 4.69) is 0 Å². The Morgan fingerprint density at radius 2 is 2.00 bits per heavy atom. The van der Waals surface area contributed by atoms with E-state index < -0.39 is 5.91 Å². The van der Waals surface area contributed by atoms with Gasteiger partial charge in [-0.25, -0.2) is 10.9 Å². The fourth-order valence-corrected chi connectivity index (χ4v) is 4.38. The maximum absolute atomic E-state index is 12.6. The summed E-state index contributed by atoms with van der Waals surface area (Å²) in [5.74, 6) is 5.53. The molecule has 0 radical (unpaired) electrons. The molecule has 6 nitrogen and oxygen atoms in total. The van der Waals surface area contributed by atoms with Crippen molar-refractivity contribution >= 4 is 28.9 Å². The van der Waals surface area contributed by atoms with Crippen molar-refractivity contribution in [3.8, 4) is 0 Å². The lowest BCUT2D eigenvalue weighted by Gasteiger charge is -2.24. The maximum atomic E-state index is 12.6. The summed E-state index contributed by atoms with van der Waals surface area (Å²) in [4.78, 5) is 39.6. The Morgan fingerprint density at radius 1 is 1.21 bits per heavy atom. The first-order valence-corrected chi connectivity index (χ1v) is 10.7. The highest BCUT2D eigenvalue weighted by Gasteiger charge is 2.24. The number of hydrogen-bond donors (Lipinski definition) is 1. The number of nitrogens with zero attached hydrogens (tertiary/aromatic N) is 2. The number of imide groups is 1. The quantitative estimate of drug-likeness (QED) is 0.326. The molecule has 2 aliphatic rings. The van der Waals surface area contributed by atoms with E-state index in [0.29, 0.717) is 29.2 Å². The molecular weight excluding hydrogens is 374 g/mol. The zero-order valence-electron chi connectivity index (χ0n) is 16.0. The van der Waals surface area contributed by atoms with Gasteiger partial charge in [0.25, 0.3) is 5.91 Å². The number of amides is 2. The molecule has 0 atom stereocenters. The molecule has 7 heteroatoms. The molecule has 0 unspecified atom stereocenters. The number of ketones is 1. The summed E-state index contributed by atoms with van der Waals surface area (Å²) < 4.78 is 0. The van der Waals surface area contributed by atoms with Crippen LogP contribution in [0.1, 0.15) is 61.0 Å². The molecule has 2 heterocycles. The molecule has 1 saturated carbocycles. The van der Waals surface area contributed by atoms with Gasteiger partial charge in [-0.3, -0.25) is 14.4 Å². The standard InChI is InChI=1S/C21H27N3O3S/c22-24(20(26)11-10-16-6-2-1-3-7-16)21(27)17-8-4-12-23(14-17)15-18(25)19-9-5-13-28-19/h4-5,9,12-14,16H,1-3,6-8,10-11,15,22H2. The van der Waals surface area contributed by atoms with Gasteiger partial charge in [0.05, 0.1) is 11.4 Å². The zero-order chi connectivity index (χ0) is 19.9. The van der Waals surface area contributed by atoms with Gasteiger partial charge in [-0.1, -0.05) is 44.2 Å². The van der Waals surface area contributed by atoms with Crippen molar-refractivity contribution in [2.45, 2.75) is 51.4 Å². The zero-order valence-corrected chi connectivity index (χ0v) is 16.8. The third-order valence-electron chi connectivity index (χ3n) is 5.33. The Kier molecular flexibility index (Phi) is 7.17. The summed E-state index contributed by atoms with van der Waals surface area (Å²) >= 11 is 1.39. The van der Waals surface area contributed by atoms with Crippen molar-refractivity contribution in [2.75, 3.05) is 6.54 Å². The molecule has 1 fully saturated rings. The lowest BCUT2D eigenvalue weighted by molar-refractivity contribution is -0.143. The minimum Gasteiger partial charge on any atom is -0.346 e. The molecule has 1 aromatic rings. The number of thiophene rings is 1. The van der Waals surface area contributed by atoms with Gasteiger partial charge in [0, 0.05) is 24.4 Å². The van der Waals surface area contributed by atoms with Crippen LogP contribution in [0.4, 0.5) is 0 Å². The largest absolute Gasteiger partial charge is 0.346 e. The third kappa shape index (κ3) is 5.39. The van der Waals surface area contributed by atoms with Crippen molar-refractivity contribution in [1.82, 2.24) is 9.91 Å². The van der Waals surface area contributed by atoms with Gasteiger partial charge in [0.1, 0.15) is 0 Å². The SMILES string of the molecule is NN(C(=O)CCC1CCCCC1)C(=O)C1=CN(CC(=O)c2cccs2)C=CC1. The molecule has 150 valence electrons. The van der Waals surface area contributed by atoms with Crippen LogP contribution in [0.5, 0.6) is 0 Å². The first-order valence-electron chi connectivity index (χ1n) is 9.86. The number of hydrazine groups is 1. The van der Waals surface area contributed by atoms with Crippen molar-refractivity contribution in [3.05, 3.63) is 46.4 Å². The summed E-state index contributed by atoms with van der Waals surface area (Å²) in [6.07, 6.45) is 12.7. The van der Waals surface area contributed by atoms with E-state index in [0.717, 1.165) is 24.3 Å². The van der Waals surface area contributed by atoms with Gasteiger partial charge in [0.2, 0.25) is 5.91 Å². The molecule has 0 aromatic carbocycles. The lowest BCUT2D eigenvalue weighted by Crippen LogP contribution is -2.44. The molecule has 0 saturated heterocycles. The number of rotatable bonds is 7. The Hall–Kier alpha value is -2.25. The number of nitrogens with two attached hydrogens (primary N) is 1. The van der Waals surface area contributed by atoms with Gasteiger partial charge < -0.3 is 4.90 Å². The fraction of sp³-hybridized carbons (Fsp3) is 0.476. The van der Waals surface area contributed by atoms with Crippen LogP contribution in [0, 0.1) is 5.92 Å². The molecule has 0 bridgehead atoms. The van der Waals surface area contributed by atoms with Crippen LogP contribution in [-0.4, -0.2) is 34.1 Å². The number of carbonyl (C=O) groups is 3. The minimum atomic E-state index is -0.494. The van der Waals surface area contributed by atoms with Crippen LogP contribution in [-0.2, 0) is 9.59 Å². The smallest absolute Gasteiger partial charge is 0.272 e. The van der Waals surface area contributed by atoms with Crippen LogP contribution < -0.4 is 5.84 Å². The highest BCUT2D eigenvalue weighted by molar-refractivity contribution is 7.12. The topological polar surface area (TPSA) is 83.7 Å². The van der Waals surface area contributed by atoms with Crippen molar-refractivity contribution in [3.63, 3.8) is 0 Å². The normalized spacial score (nSPS) is 17.3. The molecule has 0 spiro atoms. The number of allylic oxidation sites excluding steroid dienone is 1. The first-order chi connectivity index (χ1) is 13.5. The summed E-state index contributed by atoms with van der Waals surface area (Å²) in [5.41, 5.74) is 0.412. The molecule has 28 heavy (non-hydrogen) atoms. The van der Waals surface area contributed by atoms with Crippen LogP contribution >= 0.6 is 11.3 Å². The second-order valence-electron chi connectivity index (χ2n) is 7.43. The predicted octanol–water partition coefficient (Wildman–Crippen LogP) is 3.62. The second-order valence-corrected chi connectivity index (χ2v) is 8.38. The Bertz CT molecular complexity index is 764. The predicted molar refractivity (Wildman–Crippen MR) is 109 cm³/mol. The summed E-state index contributed by atoms with van der Waals surface area (Å²) in [6.45, 7) is 0.147. The molecule has 1 aromatic heterocycles. The van der Waals surface area contributed by atoms with Gasteiger partial charge in [-0.05, 0) is 30.2 Å². The van der Waals surface area contributed by atoms with Crippen LogP contribution in [0.3, 0.4) is 0 Å². The summed E-state index contributed by atoms with van der Waals surface area (Å²) in [5, 5.41) is 2.60. The van der Waals surface area contributed by atoms with Gasteiger partial charge >= 0.3 is 0 Å². The third-order valence-corrected chi connectivity index (χ3v) is 6.24. The first kappa shape index (κ1) is 20.5. The minimum absolute atomic E-state index is 0.0160.